The first-order valence-corrected chi connectivity index (χ1v) is 5.24. The lowest BCUT2D eigenvalue weighted by molar-refractivity contribution is -0.121. The highest BCUT2D eigenvalue weighted by Gasteiger charge is 2.14. The minimum Gasteiger partial charge on any atom is -0.383 e. The predicted octanol–water partition coefficient (Wildman–Crippen LogP) is 0.985. The Morgan fingerprint density at radius 1 is 1.56 bits per heavy atom. The maximum Gasteiger partial charge on any atom is 0.224 e. The quantitative estimate of drug-likeness (QED) is 0.813. The minimum absolute atomic E-state index is 0.0120. The Bertz CT molecular complexity index is 341. The lowest BCUT2D eigenvalue weighted by atomic mass is 10.1. The van der Waals surface area contributed by atoms with Crippen molar-refractivity contribution in [2.45, 2.75) is 33.2 Å². The Hall–Kier alpha value is -1.36. The maximum atomic E-state index is 11.7. The molecule has 0 spiro atoms. The summed E-state index contributed by atoms with van der Waals surface area (Å²) in [5.41, 5.74) is 1.63. The Morgan fingerprint density at radius 3 is 2.75 bits per heavy atom. The third kappa shape index (κ3) is 3.34. The van der Waals surface area contributed by atoms with Crippen molar-refractivity contribution in [3.8, 4) is 0 Å². The molecule has 1 rings (SSSR count). The highest BCUT2D eigenvalue weighted by Crippen LogP contribution is 2.12. The van der Waals surface area contributed by atoms with Crippen LogP contribution in [0.3, 0.4) is 0 Å². The smallest absolute Gasteiger partial charge is 0.224 e. The molecule has 0 aliphatic heterocycles. The van der Waals surface area contributed by atoms with Gasteiger partial charge in [0.1, 0.15) is 5.76 Å². The molecule has 1 amide bonds. The van der Waals surface area contributed by atoms with E-state index in [0.29, 0.717) is 18.8 Å². The summed E-state index contributed by atoms with van der Waals surface area (Å²) in [6.45, 7) is 6.04. The average Bonchev–Trinajstić information content (AvgIpc) is 2.49. The van der Waals surface area contributed by atoms with E-state index < -0.39 is 0 Å². The normalized spacial score (nSPS) is 12.5. The van der Waals surface area contributed by atoms with Crippen LogP contribution >= 0.6 is 0 Å². The van der Waals surface area contributed by atoms with Gasteiger partial charge in [-0.15, -0.1) is 0 Å². The zero-order chi connectivity index (χ0) is 12.1. The van der Waals surface area contributed by atoms with Crippen LogP contribution in [0.25, 0.3) is 0 Å². The molecule has 1 atom stereocenters. The zero-order valence-corrected chi connectivity index (χ0v) is 10.2. The standard InChI is InChI=1S/C11H18N2O3/c1-7(6-15-4)12-11(14)5-10-8(2)13-16-9(10)3/h7H,5-6H2,1-4H3,(H,12,14)/t7-/m0/s1. The second-order valence-corrected chi connectivity index (χ2v) is 3.90. The van der Waals surface area contributed by atoms with Gasteiger partial charge in [-0.3, -0.25) is 4.79 Å². The number of ether oxygens (including phenoxy) is 1. The van der Waals surface area contributed by atoms with Crippen LogP contribution in [0.2, 0.25) is 0 Å². The molecule has 0 saturated carbocycles. The van der Waals surface area contributed by atoms with Crippen molar-refractivity contribution in [1.29, 1.82) is 0 Å². The molecule has 5 nitrogen and oxygen atoms in total. The number of carbonyl (C=O) groups excluding carboxylic acids is 1. The largest absolute Gasteiger partial charge is 0.383 e. The molecule has 0 radical (unpaired) electrons. The summed E-state index contributed by atoms with van der Waals surface area (Å²) in [5.74, 6) is 0.658. The second-order valence-electron chi connectivity index (χ2n) is 3.90. The molecule has 1 aromatic rings. The number of nitrogens with one attached hydrogen (secondary N) is 1. The molecular weight excluding hydrogens is 208 g/mol. The summed E-state index contributed by atoms with van der Waals surface area (Å²) in [5, 5.41) is 6.65. The van der Waals surface area contributed by atoms with Crippen LogP contribution in [-0.2, 0) is 16.0 Å². The number of methoxy groups -OCH3 is 1. The van der Waals surface area contributed by atoms with Gasteiger partial charge in [0.2, 0.25) is 5.91 Å². The number of aryl methyl sites for hydroxylation is 2. The van der Waals surface area contributed by atoms with E-state index in [-0.39, 0.29) is 11.9 Å². The molecule has 1 aromatic heterocycles. The van der Waals surface area contributed by atoms with Gasteiger partial charge in [-0.2, -0.15) is 0 Å². The van der Waals surface area contributed by atoms with Crippen molar-refractivity contribution < 1.29 is 14.1 Å². The topological polar surface area (TPSA) is 64.4 Å². The Labute approximate surface area is 95.1 Å². The van der Waals surface area contributed by atoms with E-state index in [2.05, 4.69) is 10.5 Å². The molecule has 0 aliphatic rings. The van der Waals surface area contributed by atoms with Crippen molar-refractivity contribution in [2.24, 2.45) is 0 Å². The van der Waals surface area contributed by atoms with Gasteiger partial charge in [0, 0.05) is 18.7 Å². The fraction of sp³-hybridized carbons (Fsp3) is 0.636. The predicted molar refractivity (Wildman–Crippen MR) is 59.2 cm³/mol. The second kappa shape index (κ2) is 5.65. The average molecular weight is 226 g/mol. The molecule has 0 aromatic carbocycles. The first-order chi connectivity index (χ1) is 7.54. The van der Waals surface area contributed by atoms with E-state index in [1.54, 1.807) is 14.0 Å². The van der Waals surface area contributed by atoms with Crippen LogP contribution in [0, 0.1) is 13.8 Å². The molecule has 5 heteroatoms. The van der Waals surface area contributed by atoms with Crippen molar-refractivity contribution in [3.63, 3.8) is 0 Å². The Morgan fingerprint density at radius 2 is 2.25 bits per heavy atom. The van der Waals surface area contributed by atoms with Crippen LogP contribution in [0.15, 0.2) is 4.52 Å². The van der Waals surface area contributed by atoms with Gasteiger partial charge in [-0.05, 0) is 20.8 Å². The molecule has 0 aliphatic carbocycles. The SMILES string of the molecule is COC[C@H](C)NC(=O)Cc1c(C)noc1C. The first-order valence-electron chi connectivity index (χ1n) is 5.24. The molecule has 0 fully saturated rings. The summed E-state index contributed by atoms with van der Waals surface area (Å²) in [6, 6.07) is 0.0120. The number of nitrogens with zero attached hydrogens (tertiary/aromatic N) is 1. The monoisotopic (exact) mass is 226 g/mol. The van der Waals surface area contributed by atoms with Crippen LogP contribution in [0.1, 0.15) is 23.9 Å². The summed E-state index contributed by atoms with van der Waals surface area (Å²) < 4.78 is 9.94. The summed E-state index contributed by atoms with van der Waals surface area (Å²) >= 11 is 0. The van der Waals surface area contributed by atoms with Crippen LogP contribution < -0.4 is 5.32 Å². The van der Waals surface area contributed by atoms with Gasteiger partial charge in [0.15, 0.2) is 0 Å². The van der Waals surface area contributed by atoms with E-state index >= 15 is 0 Å². The van der Waals surface area contributed by atoms with Gasteiger partial charge in [0.05, 0.1) is 18.7 Å². The highest BCUT2D eigenvalue weighted by molar-refractivity contribution is 5.79. The molecule has 0 saturated heterocycles. The van der Waals surface area contributed by atoms with Crippen LogP contribution in [0.5, 0.6) is 0 Å². The van der Waals surface area contributed by atoms with Crippen molar-refractivity contribution in [2.75, 3.05) is 13.7 Å². The number of rotatable bonds is 5. The van der Waals surface area contributed by atoms with Crippen molar-refractivity contribution in [1.82, 2.24) is 10.5 Å². The highest BCUT2D eigenvalue weighted by atomic mass is 16.5. The lowest BCUT2D eigenvalue weighted by Crippen LogP contribution is -2.36. The number of hydrogen-bond acceptors (Lipinski definition) is 4. The number of carbonyl (C=O) groups is 1. The number of hydrogen-bond donors (Lipinski definition) is 1. The fourth-order valence-electron chi connectivity index (χ4n) is 1.53. The van der Waals surface area contributed by atoms with Crippen LogP contribution in [0.4, 0.5) is 0 Å². The number of aromatic nitrogens is 1. The van der Waals surface area contributed by atoms with Crippen molar-refractivity contribution in [3.05, 3.63) is 17.0 Å². The summed E-state index contributed by atoms with van der Waals surface area (Å²) in [4.78, 5) is 11.7. The van der Waals surface area contributed by atoms with Gasteiger partial charge in [-0.1, -0.05) is 5.16 Å². The van der Waals surface area contributed by atoms with E-state index in [9.17, 15) is 4.79 Å². The molecule has 1 N–H and O–H groups in total. The summed E-state index contributed by atoms with van der Waals surface area (Å²) in [6.07, 6.45) is 0.301. The van der Waals surface area contributed by atoms with Crippen molar-refractivity contribution >= 4 is 5.91 Å². The van der Waals surface area contributed by atoms with E-state index in [0.717, 1.165) is 11.3 Å². The summed E-state index contributed by atoms with van der Waals surface area (Å²) in [7, 11) is 1.61. The molecule has 0 bridgehead atoms. The van der Waals surface area contributed by atoms with Gasteiger partial charge >= 0.3 is 0 Å². The molecular formula is C11H18N2O3. The van der Waals surface area contributed by atoms with E-state index in [1.165, 1.54) is 0 Å². The first kappa shape index (κ1) is 12.7. The van der Waals surface area contributed by atoms with Gasteiger partial charge < -0.3 is 14.6 Å². The van der Waals surface area contributed by atoms with Gasteiger partial charge in [0.25, 0.3) is 0 Å². The third-order valence-electron chi connectivity index (χ3n) is 2.34. The maximum absolute atomic E-state index is 11.7. The fourth-order valence-corrected chi connectivity index (χ4v) is 1.53. The van der Waals surface area contributed by atoms with E-state index in [4.69, 9.17) is 9.26 Å². The minimum atomic E-state index is -0.0426. The molecule has 0 unspecified atom stereocenters. The number of amides is 1. The molecule has 16 heavy (non-hydrogen) atoms. The molecule has 1 heterocycles. The van der Waals surface area contributed by atoms with E-state index in [1.807, 2.05) is 13.8 Å². The van der Waals surface area contributed by atoms with Gasteiger partial charge in [-0.25, -0.2) is 0 Å². The zero-order valence-electron chi connectivity index (χ0n) is 10.2. The third-order valence-corrected chi connectivity index (χ3v) is 2.34. The molecule has 90 valence electrons. The van der Waals surface area contributed by atoms with Crippen LogP contribution in [-0.4, -0.2) is 30.8 Å². The Balaban J connectivity index is 2.52. The Kier molecular flexibility index (Phi) is 4.49. The lowest BCUT2D eigenvalue weighted by Gasteiger charge is -2.12.